The molecule has 4 heteroatoms. The fraction of sp³-hybridized carbons (Fsp3) is 0.118. The number of alkyl halides is 1. The van der Waals surface area contributed by atoms with E-state index in [0.717, 1.165) is 37.6 Å². The molecule has 21 heavy (non-hydrogen) atoms. The molecule has 1 heterocycles. The second-order valence-corrected chi connectivity index (χ2v) is 6.05. The summed E-state index contributed by atoms with van der Waals surface area (Å²) in [7, 11) is 0. The van der Waals surface area contributed by atoms with Crippen molar-refractivity contribution in [3.05, 3.63) is 70.3 Å². The summed E-state index contributed by atoms with van der Waals surface area (Å²) < 4.78 is 7.02. The lowest BCUT2D eigenvalue weighted by Crippen LogP contribution is -2.00. The van der Waals surface area contributed by atoms with Crippen molar-refractivity contribution in [2.75, 3.05) is 0 Å². The van der Waals surface area contributed by atoms with Crippen LogP contribution in [0.4, 0.5) is 0 Å². The molecule has 0 unspecified atom stereocenters. The van der Waals surface area contributed by atoms with Crippen molar-refractivity contribution < 1.29 is 4.74 Å². The van der Waals surface area contributed by atoms with Crippen LogP contribution in [0.3, 0.4) is 0 Å². The van der Waals surface area contributed by atoms with Gasteiger partial charge in [-0.05, 0) is 34.1 Å². The Balaban J connectivity index is 1.91. The zero-order valence-corrected chi connectivity index (χ0v) is 14.4. The van der Waals surface area contributed by atoms with Gasteiger partial charge in [0.05, 0.1) is 9.99 Å². The molecule has 0 aliphatic heterocycles. The van der Waals surface area contributed by atoms with Crippen molar-refractivity contribution >= 4 is 42.8 Å². The van der Waals surface area contributed by atoms with Crippen LogP contribution in [0.25, 0.3) is 10.9 Å². The minimum atomic E-state index is 0.519. The van der Waals surface area contributed by atoms with Gasteiger partial charge < -0.3 is 4.74 Å². The summed E-state index contributed by atoms with van der Waals surface area (Å²) in [6, 6.07) is 16.2. The molecule has 2 nitrogen and oxygen atoms in total. The van der Waals surface area contributed by atoms with Crippen molar-refractivity contribution in [2.24, 2.45) is 0 Å². The van der Waals surface area contributed by atoms with E-state index in [0.29, 0.717) is 6.61 Å². The van der Waals surface area contributed by atoms with Gasteiger partial charge in [0.25, 0.3) is 0 Å². The molecule has 0 bridgehead atoms. The lowest BCUT2D eigenvalue weighted by Gasteiger charge is -2.13. The first kappa shape index (κ1) is 14.5. The van der Waals surface area contributed by atoms with E-state index in [4.69, 9.17) is 4.74 Å². The Bertz CT molecular complexity index is 768. The second kappa shape index (κ2) is 6.58. The van der Waals surface area contributed by atoms with Gasteiger partial charge in [-0.3, -0.25) is 4.98 Å². The van der Waals surface area contributed by atoms with Crippen molar-refractivity contribution in [1.82, 2.24) is 4.98 Å². The number of hydrogen-bond donors (Lipinski definition) is 0. The molecule has 0 radical (unpaired) electrons. The zero-order valence-electron chi connectivity index (χ0n) is 11.2. The highest BCUT2D eigenvalue weighted by Gasteiger charge is 2.08. The number of pyridine rings is 1. The van der Waals surface area contributed by atoms with Crippen LogP contribution < -0.4 is 4.74 Å². The Morgan fingerprint density at radius 3 is 2.67 bits per heavy atom. The van der Waals surface area contributed by atoms with Crippen molar-refractivity contribution in [3.8, 4) is 5.75 Å². The Labute approximate surface area is 140 Å². The Morgan fingerprint density at radius 2 is 1.81 bits per heavy atom. The second-order valence-electron chi connectivity index (χ2n) is 4.64. The molecule has 0 fully saturated rings. The first-order valence-electron chi connectivity index (χ1n) is 6.58. The van der Waals surface area contributed by atoms with Crippen LogP contribution in [0.15, 0.2) is 59.2 Å². The molecule has 0 aliphatic carbocycles. The third-order valence-electron chi connectivity index (χ3n) is 3.30. The predicted molar refractivity (Wildman–Crippen MR) is 92.8 cm³/mol. The summed E-state index contributed by atoms with van der Waals surface area (Å²) in [5, 5.41) is 1.89. The summed E-state index contributed by atoms with van der Waals surface area (Å²) in [6.45, 7) is 0.519. The normalized spacial score (nSPS) is 10.8. The van der Waals surface area contributed by atoms with Crippen molar-refractivity contribution in [3.63, 3.8) is 0 Å². The summed E-state index contributed by atoms with van der Waals surface area (Å²) in [4.78, 5) is 4.38. The third-order valence-corrected chi connectivity index (χ3v) is 4.53. The van der Waals surface area contributed by atoms with E-state index in [1.54, 1.807) is 0 Å². The lowest BCUT2D eigenvalue weighted by atomic mass is 10.1. The van der Waals surface area contributed by atoms with Crippen LogP contribution in [0.5, 0.6) is 5.75 Å². The minimum absolute atomic E-state index is 0.519. The summed E-state index contributed by atoms with van der Waals surface area (Å²) >= 11 is 7.05. The van der Waals surface area contributed by atoms with Gasteiger partial charge in [0, 0.05) is 28.0 Å². The highest BCUT2D eigenvalue weighted by molar-refractivity contribution is 9.10. The standard InChI is InChI=1S/C17H13Br2NO/c18-10-12-4-3-6-15(19)17(12)21-11-13-8-9-20-16-7-2-1-5-14(13)16/h1-9H,10-11H2. The summed E-state index contributed by atoms with van der Waals surface area (Å²) in [6.07, 6.45) is 1.83. The molecule has 0 atom stereocenters. The Morgan fingerprint density at radius 1 is 0.952 bits per heavy atom. The molecule has 1 aromatic heterocycles. The van der Waals surface area contributed by atoms with E-state index in [9.17, 15) is 0 Å². The first-order valence-corrected chi connectivity index (χ1v) is 8.50. The van der Waals surface area contributed by atoms with E-state index in [1.807, 2.05) is 42.6 Å². The van der Waals surface area contributed by atoms with Crippen LogP contribution in [-0.4, -0.2) is 4.98 Å². The molecular formula is C17H13Br2NO. The molecule has 3 rings (SSSR count). The number of ether oxygens (including phenoxy) is 1. The van der Waals surface area contributed by atoms with Crippen molar-refractivity contribution in [1.29, 1.82) is 0 Å². The molecular weight excluding hydrogens is 394 g/mol. The quantitative estimate of drug-likeness (QED) is 0.536. The average molecular weight is 407 g/mol. The topological polar surface area (TPSA) is 22.1 Å². The number of nitrogens with zero attached hydrogens (tertiary/aromatic N) is 1. The zero-order chi connectivity index (χ0) is 14.7. The van der Waals surface area contributed by atoms with Gasteiger partial charge in [-0.15, -0.1) is 0 Å². The van der Waals surface area contributed by atoms with Gasteiger partial charge in [0.1, 0.15) is 12.4 Å². The molecule has 2 aromatic carbocycles. The van der Waals surface area contributed by atoms with Crippen LogP contribution >= 0.6 is 31.9 Å². The van der Waals surface area contributed by atoms with Gasteiger partial charge in [-0.2, -0.15) is 0 Å². The molecule has 0 saturated heterocycles. The van der Waals surface area contributed by atoms with E-state index < -0.39 is 0 Å². The smallest absolute Gasteiger partial charge is 0.138 e. The van der Waals surface area contributed by atoms with Crippen molar-refractivity contribution in [2.45, 2.75) is 11.9 Å². The highest BCUT2D eigenvalue weighted by atomic mass is 79.9. The molecule has 0 aliphatic rings. The van der Waals surface area contributed by atoms with Gasteiger partial charge in [-0.1, -0.05) is 46.3 Å². The fourth-order valence-corrected chi connectivity index (χ4v) is 3.21. The highest BCUT2D eigenvalue weighted by Crippen LogP contribution is 2.31. The van der Waals surface area contributed by atoms with Gasteiger partial charge >= 0.3 is 0 Å². The van der Waals surface area contributed by atoms with E-state index in [1.165, 1.54) is 0 Å². The number of aromatic nitrogens is 1. The van der Waals surface area contributed by atoms with Gasteiger partial charge in [-0.25, -0.2) is 0 Å². The number of fused-ring (bicyclic) bond motifs is 1. The van der Waals surface area contributed by atoms with Gasteiger partial charge in [0.2, 0.25) is 0 Å². The minimum Gasteiger partial charge on any atom is -0.487 e. The summed E-state index contributed by atoms with van der Waals surface area (Å²) in [5.74, 6) is 0.885. The van der Waals surface area contributed by atoms with Crippen LogP contribution in [0, 0.1) is 0 Å². The maximum atomic E-state index is 6.05. The number of rotatable bonds is 4. The molecule has 106 valence electrons. The maximum absolute atomic E-state index is 6.05. The maximum Gasteiger partial charge on any atom is 0.138 e. The Kier molecular flexibility index (Phi) is 4.56. The molecule has 0 saturated carbocycles. The number of para-hydroxylation sites is 2. The number of halogens is 2. The number of benzene rings is 2. The largest absolute Gasteiger partial charge is 0.487 e. The lowest BCUT2D eigenvalue weighted by molar-refractivity contribution is 0.303. The average Bonchev–Trinajstić information content (AvgIpc) is 2.53. The fourth-order valence-electron chi connectivity index (χ4n) is 2.25. The monoisotopic (exact) mass is 405 g/mol. The molecule has 0 N–H and O–H groups in total. The van der Waals surface area contributed by atoms with Crippen LogP contribution in [-0.2, 0) is 11.9 Å². The predicted octanol–water partition coefficient (Wildman–Crippen LogP) is 5.47. The first-order chi connectivity index (χ1) is 10.3. The van der Waals surface area contributed by atoms with Crippen LogP contribution in [0.2, 0.25) is 0 Å². The van der Waals surface area contributed by atoms with E-state index >= 15 is 0 Å². The van der Waals surface area contributed by atoms with Gasteiger partial charge in [0.15, 0.2) is 0 Å². The van der Waals surface area contributed by atoms with E-state index in [-0.39, 0.29) is 0 Å². The van der Waals surface area contributed by atoms with E-state index in [2.05, 4.69) is 49.0 Å². The molecule has 0 spiro atoms. The summed E-state index contributed by atoms with van der Waals surface area (Å²) in [5.41, 5.74) is 3.26. The third kappa shape index (κ3) is 3.11. The molecule has 3 aromatic rings. The molecule has 0 amide bonds. The van der Waals surface area contributed by atoms with Crippen LogP contribution in [0.1, 0.15) is 11.1 Å². The SMILES string of the molecule is BrCc1cccc(Br)c1OCc1ccnc2ccccc12. The Hall–Kier alpha value is -1.39. The number of hydrogen-bond acceptors (Lipinski definition) is 2.